The van der Waals surface area contributed by atoms with Gasteiger partial charge in [-0.2, -0.15) is 4.98 Å². The Morgan fingerprint density at radius 3 is 2.30 bits per heavy atom. The molecule has 222 valence electrons. The van der Waals surface area contributed by atoms with Crippen molar-refractivity contribution in [3.8, 4) is 11.5 Å². The van der Waals surface area contributed by atoms with Crippen LogP contribution >= 0.6 is 0 Å². The second kappa shape index (κ2) is 12.7. The SMILES string of the molecule is COc1ccc(Cn2c(CCc3ccccc3)nc3nc(N4CCCC(N)C4)n(Cc4ccccc4)c3c2=O)c(OC)c1. The first-order chi connectivity index (χ1) is 21.0. The van der Waals surface area contributed by atoms with Crippen molar-refractivity contribution in [2.24, 2.45) is 5.73 Å². The van der Waals surface area contributed by atoms with Crippen molar-refractivity contribution in [1.82, 2.24) is 19.1 Å². The first kappa shape index (κ1) is 28.5. The Morgan fingerprint density at radius 1 is 0.860 bits per heavy atom. The summed E-state index contributed by atoms with van der Waals surface area (Å²) < 4.78 is 14.9. The van der Waals surface area contributed by atoms with Gasteiger partial charge in [-0.3, -0.25) is 13.9 Å². The highest BCUT2D eigenvalue weighted by Gasteiger charge is 2.26. The maximum absolute atomic E-state index is 14.6. The minimum absolute atomic E-state index is 0.0623. The topological polar surface area (TPSA) is 100 Å². The fourth-order valence-corrected chi connectivity index (χ4v) is 5.90. The van der Waals surface area contributed by atoms with Crippen LogP contribution in [0.25, 0.3) is 11.2 Å². The average Bonchev–Trinajstić information content (AvgIpc) is 3.40. The van der Waals surface area contributed by atoms with Crippen molar-refractivity contribution < 1.29 is 9.47 Å². The maximum atomic E-state index is 14.6. The second-order valence-corrected chi connectivity index (χ2v) is 11.1. The zero-order chi connectivity index (χ0) is 29.8. The lowest BCUT2D eigenvalue weighted by Gasteiger charge is -2.31. The van der Waals surface area contributed by atoms with Gasteiger partial charge >= 0.3 is 0 Å². The first-order valence-corrected chi connectivity index (χ1v) is 14.8. The lowest BCUT2D eigenvalue weighted by Crippen LogP contribution is -2.44. The van der Waals surface area contributed by atoms with Crippen LogP contribution in [0.5, 0.6) is 11.5 Å². The summed E-state index contributed by atoms with van der Waals surface area (Å²) >= 11 is 0. The molecule has 0 bridgehead atoms. The fourth-order valence-electron chi connectivity index (χ4n) is 5.90. The minimum atomic E-state index is -0.123. The van der Waals surface area contributed by atoms with Crippen molar-refractivity contribution >= 4 is 17.1 Å². The van der Waals surface area contributed by atoms with E-state index in [2.05, 4.69) is 29.2 Å². The van der Waals surface area contributed by atoms with Crippen LogP contribution in [0.4, 0.5) is 5.95 Å². The number of aryl methyl sites for hydroxylation is 2. The number of hydrogen-bond acceptors (Lipinski definition) is 7. The van der Waals surface area contributed by atoms with Gasteiger partial charge in [0.15, 0.2) is 11.2 Å². The summed E-state index contributed by atoms with van der Waals surface area (Å²) in [5, 5.41) is 0. The zero-order valence-corrected chi connectivity index (χ0v) is 24.8. The molecule has 1 fully saturated rings. The Kier molecular flexibility index (Phi) is 8.42. The predicted molar refractivity (Wildman–Crippen MR) is 169 cm³/mol. The van der Waals surface area contributed by atoms with E-state index in [1.54, 1.807) is 18.8 Å². The summed E-state index contributed by atoms with van der Waals surface area (Å²) in [5.41, 5.74) is 10.4. The highest BCUT2D eigenvalue weighted by molar-refractivity contribution is 5.74. The molecule has 6 rings (SSSR count). The molecule has 9 heteroatoms. The van der Waals surface area contributed by atoms with Crippen LogP contribution in [0, 0.1) is 0 Å². The summed E-state index contributed by atoms with van der Waals surface area (Å²) in [6, 6.07) is 26.2. The Labute approximate surface area is 251 Å². The molecule has 1 aliphatic heterocycles. The van der Waals surface area contributed by atoms with Gasteiger partial charge in [0.25, 0.3) is 5.56 Å². The van der Waals surface area contributed by atoms with Crippen LogP contribution in [0.3, 0.4) is 0 Å². The largest absolute Gasteiger partial charge is 0.497 e. The number of hydrogen-bond donors (Lipinski definition) is 1. The van der Waals surface area contributed by atoms with E-state index in [1.807, 2.05) is 59.2 Å². The summed E-state index contributed by atoms with van der Waals surface area (Å²) in [6.45, 7) is 2.34. The van der Waals surface area contributed by atoms with E-state index in [4.69, 9.17) is 25.2 Å². The van der Waals surface area contributed by atoms with Gasteiger partial charge in [0.2, 0.25) is 5.95 Å². The Balaban J connectivity index is 1.51. The summed E-state index contributed by atoms with van der Waals surface area (Å²) in [4.78, 5) is 26.9. The normalized spacial score (nSPS) is 15.1. The van der Waals surface area contributed by atoms with Crippen molar-refractivity contribution in [3.05, 3.63) is 112 Å². The van der Waals surface area contributed by atoms with Crippen LogP contribution < -0.4 is 25.7 Å². The van der Waals surface area contributed by atoms with Crippen LogP contribution in [-0.2, 0) is 25.9 Å². The van der Waals surface area contributed by atoms with Crippen molar-refractivity contribution in [2.45, 2.75) is 44.8 Å². The van der Waals surface area contributed by atoms with E-state index in [0.29, 0.717) is 54.5 Å². The molecule has 1 unspecified atom stereocenters. The molecule has 9 nitrogen and oxygen atoms in total. The summed E-state index contributed by atoms with van der Waals surface area (Å²) in [5.74, 6) is 2.77. The van der Waals surface area contributed by atoms with E-state index in [1.165, 1.54) is 5.56 Å². The molecular formula is C34H38N6O3. The highest BCUT2D eigenvalue weighted by Crippen LogP contribution is 2.27. The number of methoxy groups -OCH3 is 2. The molecule has 43 heavy (non-hydrogen) atoms. The van der Waals surface area contributed by atoms with Gasteiger partial charge < -0.3 is 20.1 Å². The zero-order valence-electron chi connectivity index (χ0n) is 24.8. The number of benzene rings is 3. The van der Waals surface area contributed by atoms with Crippen LogP contribution in [-0.4, -0.2) is 52.5 Å². The van der Waals surface area contributed by atoms with Gasteiger partial charge in [-0.05, 0) is 42.5 Å². The van der Waals surface area contributed by atoms with Crippen LogP contribution in [0.15, 0.2) is 83.7 Å². The molecule has 3 heterocycles. The van der Waals surface area contributed by atoms with Gasteiger partial charge in [0.1, 0.15) is 17.3 Å². The number of ether oxygens (including phenoxy) is 2. The second-order valence-electron chi connectivity index (χ2n) is 11.1. The Bertz CT molecular complexity index is 1750. The van der Waals surface area contributed by atoms with E-state index in [9.17, 15) is 4.79 Å². The molecule has 0 saturated carbocycles. The molecule has 5 aromatic rings. The van der Waals surface area contributed by atoms with Crippen LogP contribution in [0.2, 0.25) is 0 Å². The number of aromatic nitrogens is 4. The molecule has 2 N–H and O–H groups in total. The van der Waals surface area contributed by atoms with Crippen molar-refractivity contribution in [2.75, 3.05) is 32.2 Å². The smallest absolute Gasteiger partial charge is 0.280 e. The van der Waals surface area contributed by atoms with Gasteiger partial charge in [-0.15, -0.1) is 0 Å². The lowest BCUT2D eigenvalue weighted by atomic mass is 10.1. The number of imidazole rings is 1. The Morgan fingerprint density at radius 2 is 1.60 bits per heavy atom. The van der Waals surface area contributed by atoms with E-state index in [-0.39, 0.29) is 11.6 Å². The van der Waals surface area contributed by atoms with Gasteiger partial charge in [0.05, 0.1) is 27.3 Å². The third kappa shape index (κ3) is 6.12. The molecule has 2 aromatic heterocycles. The molecule has 1 atom stereocenters. The van der Waals surface area contributed by atoms with Gasteiger partial charge in [-0.1, -0.05) is 60.7 Å². The molecule has 0 spiro atoms. The molecule has 0 aliphatic carbocycles. The minimum Gasteiger partial charge on any atom is -0.497 e. The summed E-state index contributed by atoms with van der Waals surface area (Å²) in [6.07, 6.45) is 3.29. The average molecular weight is 579 g/mol. The fraction of sp³-hybridized carbons (Fsp3) is 0.324. The number of anilines is 1. The lowest BCUT2D eigenvalue weighted by molar-refractivity contribution is 0.390. The molecule has 1 aliphatic rings. The van der Waals surface area contributed by atoms with Crippen LogP contribution in [0.1, 0.15) is 35.4 Å². The summed E-state index contributed by atoms with van der Waals surface area (Å²) in [7, 11) is 3.25. The number of rotatable bonds is 10. The van der Waals surface area contributed by atoms with E-state index in [0.717, 1.165) is 42.9 Å². The number of nitrogens with zero attached hydrogens (tertiary/aromatic N) is 5. The highest BCUT2D eigenvalue weighted by atomic mass is 16.5. The molecule has 0 amide bonds. The van der Waals surface area contributed by atoms with Gasteiger partial charge in [0, 0.05) is 37.2 Å². The van der Waals surface area contributed by atoms with Crippen molar-refractivity contribution in [3.63, 3.8) is 0 Å². The third-order valence-corrected chi connectivity index (χ3v) is 8.15. The quantitative estimate of drug-likeness (QED) is 0.262. The molecule has 0 radical (unpaired) electrons. The number of piperidine rings is 1. The third-order valence-electron chi connectivity index (χ3n) is 8.15. The molecule has 1 saturated heterocycles. The molecular weight excluding hydrogens is 540 g/mol. The maximum Gasteiger partial charge on any atom is 0.280 e. The molecule has 3 aromatic carbocycles. The number of fused-ring (bicyclic) bond motifs is 1. The van der Waals surface area contributed by atoms with Gasteiger partial charge in [-0.25, -0.2) is 4.98 Å². The number of nitrogens with two attached hydrogens (primary N) is 1. The predicted octanol–water partition coefficient (Wildman–Crippen LogP) is 4.42. The standard InChI is InChI=1S/C34H38N6O3/c1-42-28-17-16-26(29(20-28)43-2)22-39-30(18-15-24-10-5-3-6-11-24)36-32-31(33(39)41)40(21-25-12-7-4-8-13-25)34(37-32)38-19-9-14-27(35)23-38/h3-8,10-13,16-17,20,27H,9,14-15,18-19,21-23,35H2,1-2H3. The van der Waals surface area contributed by atoms with E-state index >= 15 is 0 Å². The van der Waals surface area contributed by atoms with E-state index < -0.39 is 0 Å². The monoisotopic (exact) mass is 578 g/mol. The first-order valence-electron chi connectivity index (χ1n) is 14.8. The van der Waals surface area contributed by atoms with Crippen molar-refractivity contribution in [1.29, 1.82) is 0 Å². The Hall–Kier alpha value is -4.63.